The van der Waals surface area contributed by atoms with Gasteiger partial charge in [-0.25, -0.2) is 13.8 Å². The van der Waals surface area contributed by atoms with Crippen molar-refractivity contribution in [1.29, 1.82) is 0 Å². The molecule has 0 amide bonds. The van der Waals surface area contributed by atoms with Crippen LogP contribution in [0.15, 0.2) is 47.5 Å². The third-order valence-electron chi connectivity index (χ3n) is 5.10. The van der Waals surface area contributed by atoms with Crippen LogP contribution >= 0.6 is 11.6 Å². The van der Waals surface area contributed by atoms with Gasteiger partial charge in [0.05, 0.1) is 36.9 Å². The molecule has 1 aliphatic rings. The molecule has 1 N–H and O–H groups in total. The zero-order chi connectivity index (χ0) is 25.9. The molecule has 36 heavy (non-hydrogen) atoms. The second-order valence-electron chi connectivity index (χ2n) is 7.85. The summed E-state index contributed by atoms with van der Waals surface area (Å²) in [6.07, 6.45) is -1.74. The first kappa shape index (κ1) is 25.6. The van der Waals surface area contributed by atoms with Crippen LogP contribution in [0.3, 0.4) is 0 Å². The number of hydrogen-bond acceptors (Lipinski definition) is 7. The normalized spacial score (nSPS) is 18.1. The molecule has 4 rings (SSSR count). The Morgan fingerprint density at radius 2 is 2.00 bits per heavy atom. The fraction of sp³-hybridized carbons (Fsp3) is 0.318. The smallest absolute Gasteiger partial charge is 0.435 e. The number of halogens is 6. The van der Waals surface area contributed by atoms with Gasteiger partial charge in [0.2, 0.25) is 5.88 Å². The highest BCUT2D eigenvalue weighted by Gasteiger charge is 2.33. The van der Waals surface area contributed by atoms with Crippen molar-refractivity contribution in [3.05, 3.63) is 63.9 Å². The van der Waals surface area contributed by atoms with Crippen molar-refractivity contribution in [2.45, 2.75) is 24.9 Å². The molecule has 8 nitrogen and oxygen atoms in total. The Kier molecular flexibility index (Phi) is 7.31. The average Bonchev–Trinajstić information content (AvgIpc) is 2.82. The lowest BCUT2D eigenvalue weighted by molar-refractivity contribution is -0.275. The number of nitrogens with zero attached hydrogens (tertiary/aromatic N) is 3. The van der Waals surface area contributed by atoms with Gasteiger partial charge in [-0.3, -0.25) is 4.79 Å². The number of ether oxygens (including phenoxy) is 3. The van der Waals surface area contributed by atoms with Gasteiger partial charge in [-0.05, 0) is 31.0 Å². The van der Waals surface area contributed by atoms with Gasteiger partial charge in [0.1, 0.15) is 10.8 Å². The largest absolute Gasteiger partial charge is 0.573 e. The van der Waals surface area contributed by atoms with Crippen molar-refractivity contribution in [3.63, 3.8) is 0 Å². The van der Waals surface area contributed by atoms with Gasteiger partial charge in [-0.1, -0.05) is 11.6 Å². The van der Waals surface area contributed by atoms with Crippen LogP contribution < -0.4 is 20.3 Å². The van der Waals surface area contributed by atoms with Crippen LogP contribution in [-0.2, 0) is 4.74 Å². The van der Waals surface area contributed by atoms with E-state index in [1.807, 2.05) is 0 Å². The molecule has 1 aromatic carbocycles. The summed E-state index contributed by atoms with van der Waals surface area (Å²) in [5, 5.41) is 6.55. The minimum Gasteiger partial charge on any atom is -0.435 e. The number of nitrogens with one attached hydrogen (secondary N) is 1. The number of pyridine rings is 1. The molecule has 1 atom stereocenters. The lowest BCUT2D eigenvalue weighted by Gasteiger charge is -2.29. The van der Waals surface area contributed by atoms with Crippen LogP contribution in [0.1, 0.15) is 12.8 Å². The third-order valence-corrected chi connectivity index (χ3v) is 5.47. The lowest BCUT2D eigenvalue weighted by Crippen LogP contribution is -2.40. The predicted octanol–water partition coefficient (Wildman–Crippen LogP) is 5.04. The summed E-state index contributed by atoms with van der Waals surface area (Å²) in [5.41, 5.74) is -2.04. The molecule has 0 aliphatic carbocycles. The first-order chi connectivity index (χ1) is 17.0. The Hall–Kier alpha value is -3.45. The van der Waals surface area contributed by atoms with Crippen LogP contribution in [0.4, 0.5) is 27.6 Å². The highest BCUT2D eigenvalue weighted by atomic mass is 35.5. The maximum Gasteiger partial charge on any atom is 0.573 e. The van der Waals surface area contributed by atoms with Gasteiger partial charge < -0.3 is 19.5 Å². The van der Waals surface area contributed by atoms with E-state index in [1.165, 1.54) is 18.3 Å². The molecule has 3 aromatic rings. The van der Waals surface area contributed by atoms with Crippen LogP contribution in [0.2, 0.25) is 5.02 Å². The molecule has 1 saturated heterocycles. The maximum absolute atomic E-state index is 14.7. The van der Waals surface area contributed by atoms with E-state index in [9.17, 15) is 26.7 Å². The van der Waals surface area contributed by atoms with Crippen molar-refractivity contribution < 1.29 is 36.2 Å². The van der Waals surface area contributed by atoms with E-state index in [1.54, 1.807) is 0 Å². The minimum atomic E-state index is -5.02. The summed E-state index contributed by atoms with van der Waals surface area (Å²) in [6, 6.07) is 4.80. The van der Waals surface area contributed by atoms with Gasteiger partial charge >= 0.3 is 6.36 Å². The van der Waals surface area contributed by atoms with Gasteiger partial charge in [-0.2, -0.15) is 9.78 Å². The van der Waals surface area contributed by atoms with Crippen molar-refractivity contribution in [2.24, 2.45) is 0 Å². The van der Waals surface area contributed by atoms with E-state index in [0.29, 0.717) is 25.5 Å². The predicted molar refractivity (Wildman–Crippen MR) is 118 cm³/mol. The van der Waals surface area contributed by atoms with Crippen molar-refractivity contribution in [3.8, 4) is 23.1 Å². The summed E-state index contributed by atoms with van der Waals surface area (Å²) in [7, 11) is 0. The average molecular weight is 533 g/mol. The topological polar surface area (TPSA) is 87.5 Å². The first-order valence-electron chi connectivity index (χ1n) is 10.5. The fourth-order valence-electron chi connectivity index (χ4n) is 3.39. The first-order valence-corrected chi connectivity index (χ1v) is 10.9. The number of aromatic nitrogens is 3. The molecule has 2 aromatic heterocycles. The van der Waals surface area contributed by atoms with E-state index in [4.69, 9.17) is 21.1 Å². The summed E-state index contributed by atoms with van der Waals surface area (Å²) < 4.78 is 81.2. The quantitative estimate of drug-likeness (QED) is 0.426. The van der Waals surface area contributed by atoms with E-state index in [0.717, 1.165) is 23.0 Å². The zero-order valence-corrected chi connectivity index (χ0v) is 19.1. The second kappa shape index (κ2) is 10.3. The number of anilines is 1. The highest BCUT2D eigenvalue weighted by molar-refractivity contribution is 6.32. The van der Waals surface area contributed by atoms with E-state index in [2.05, 4.69) is 20.1 Å². The van der Waals surface area contributed by atoms with E-state index < -0.39 is 34.9 Å². The van der Waals surface area contributed by atoms with Gasteiger partial charge in [0.25, 0.3) is 5.56 Å². The van der Waals surface area contributed by atoms with E-state index in [-0.39, 0.29) is 35.4 Å². The molecule has 0 saturated carbocycles. The molecule has 14 heteroatoms. The minimum absolute atomic E-state index is 0.0678. The molecule has 1 aliphatic heterocycles. The SMILES string of the molecule is O=c1c(Cl)c(NCC2(F)CCCOC2)cnn1-c1ccc(Oc2cc(F)ccc2OC(F)(F)F)nc1. The fourth-order valence-corrected chi connectivity index (χ4v) is 3.59. The summed E-state index contributed by atoms with van der Waals surface area (Å²) in [6.45, 7) is 0.305. The van der Waals surface area contributed by atoms with Gasteiger partial charge in [-0.15, -0.1) is 13.2 Å². The molecular formula is C22H18ClF5N4O4. The molecule has 0 bridgehead atoms. The van der Waals surface area contributed by atoms with Crippen molar-refractivity contribution >= 4 is 17.3 Å². The van der Waals surface area contributed by atoms with Crippen LogP contribution in [0.5, 0.6) is 17.4 Å². The summed E-state index contributed by atoms with van der Waals surface area (Å²) in [4.78, 5) is 16.6. The molecule has 1 fully saturated rings. The Morgan fingerprint density at radius 1 is 1.19 bits per heavy atom. The zero-order valence-electron chi connectivity index (χ0n) is 18.3. The molecule has 1 unspecified atom stereocenters. The molecule has 3 heterocycles. The highest BCUT2D eigenvalue weighted by Crippen LogP contribution is 2.35. The Labute approximate surface area is 205 Å². The number of alkyl halides is 4. The Balaban J connectivity index is 1.50. The van der Waals surface area contributed by atoms with Crippen molar-refractivity contribution in [2.75, 3.05) is 25.1 Å². The van der Waals surface area contributed by atoms with Crippen LogP contribution in [0.25, 0.3) is 5.69 Å². The Morgan fingerprint density at radius 3 is 2.67 bits per heavy atom. The summed E-state index contributed by atoms with van der Waals surface area (Å²) >= 11 is 6.16. The van der Waals surface area contributed by atoms with E-state index >= 15 is 0 Å². The Bertz CT molecular complexity index is 1280. The molecule has 192 valence electrons. The van der Waals surface area contributed by atoms with Crippen molar-refractivity contribution in [1.82, 2.24) is 14.8 Å². The second-order valence-corrected chi connectivity index (χ2v) is 8.22. The molecular weight excluding hydrogens is 515 g/mol. The molecule has 0 spiro atoms. The lowest BCUT2D eigenvalue weighted by atomic mass is 9.99. The maximum atomic E-state index is 14.7. The number of hydrogen-bond donors (Lipinski definition) is 1. The van der Waals surface area contributed by atoms with Gasteiger partial charge in [0.15, 0.2) is 17.2 Å². The van der Waals surface area contributed by atoms with Gasteiger partial charge in [0, 0.05) is 18.7 Å². The standard InChI is InChI=1S/C22H18ClF5N4O4/c23-19-15(30-11-21(25)6-1-7-34-12-21)10-31-32(20(19)33)14-3-5-18(29-9-14)35-17-8-13(24)2-4-16(17)36-22(26,27)28/h2-5,8-10,30H,1,6-7,11-12H2. The third kappa shape index (κ3) is 6.21. The van der Waals surface area contributed by atoms with Crippen LogP contribution in [-0.4, -0.2) is 46.6 Å². The number of rotatable bonds is 7. The van der Waals surface area contributed by atoms with Crippen LogP contribution in [0, 0.1) is 5.82 Å². The number of benzene rings is 1. The summed E-state index contributed by atoms with van der Waals surface area (Å²) in [5.74, 6) is -2.39. The monoisotopic (exact) mass is 532 g/mol. The molecule has 0 radical (unpaired) electrons.